The highest BCUT2D eigenvalue weighted by molar-refractivity contribution is 5.97. The molecule has 0 radical (unpaired) electrons. The lowest BCUT2D eigenvalue weighted by molar-refractivity contribution is -0.122. The Morgan fingerprint density at radius 2 is 2.25 bits per heavy atom. The smallest absolute Gasteiger partial charge is 0.265 e. The number of nitrogens with one attached hydrogen (secondary N) is 1. The molecule has 4 heteroatoms. The van der Waals surface area contributed by atoms with Crippen LogP contribution < -0.4 is 10.1 Å². The van der Waals surface area contributed by atoms with Gasteiger partial charge in [-0.1, -0.05) is 6.07 Å². The van der Waals surface area contributed by atoms with Gasteiger partial charge in [-0.15, -0.1) is 0 Å². The summed E-state index contributed by atoms with van der Waals surface area (Å²) in [6.07, 6.45) is -0.425. The number of hydrogen-bond donors (Lipinski definition) is 1. The Balaban J connectivity index is 1.99. The van der Waals surface area contributed by atoms with Gasteiger partial charge in [0.2, 0.25) is 0 Å². The molecule has 1 fully saturated rings. The Kier molecular flexibility index (Phi) is 1.80. The van der Waals surface area contributed by atoms with Crippen molar-refractivity contribution >= 4 is 11.6 Å². The number of anilines is 1. The molecule has 2 heterocycles. The predicted octanol–water partition coefficient (Wildman–Crippen LogP) is 1.65. The van der Waals surface area contributed by atoms with Crippen LogP contribution in [0, 0.1) is 0 Å². The first kappa shape index (κ1) is 9.66. The molecule has 2 aliphatic rings. The van der Waals surface area contributed by atoms with Gasteiger partial charge in [-0.05, 0) is 31.5 Å². The molecule has 4 nitrogen and oxygen atoms in total. The molecule has 0 spiro atoms. The van der Waals surface area contributed by atoms with Crippen LogP contribution in [0.1, 0.15) is 19.4 Å². The molecular formula is C12H13NO3. The van der Waals surface area contributed by atoms with Gasteiger partial charge in [-0.25, -0.2) is 0 Å². The number of benzene rings is 1. The Morgan fingerprint density at radius 1 is 1.50 bits per heavy atom. The van der Waals surface area contributed by atoms with Crippen molar-refractivity contribution in [3.05, 3.63) is 23.8 Å². The first-order valence-electron chi connectivity index (χ1n) is 5.34. The molecular weight excluding hydrogens is 206 g/mol. The van der Waals surface area contributed by atoms with Crippen molar-refractivity contribution in [2.45, 2.75) is 25.6 Å². The number of amides is 1. The molecule has 1 aromatic carbocycles. The van der Waals surface area contributed by atoms with Crippen molar-refractivity contribution in [2.75, 3.05) is 11.9 Å². The SMILES string of the molecule is CC1Oc2ccc(C3(C)CO3)cc2NC1=O. The summed E-state index contributed by atoms with van der Waals surface area (Å²) in [6.45, 7) is 4.50. The zero-order valence-corrected chi connectivity index (χ0v) is 9.24. The third-order valence-corrected chi connectivity index (χ3v) is 3.10. The molecule has 0 aromatic heterocycles. The summed E-state index contributed by atoms with van der Waals surface area (Å²) >= 11 is 0. The van der Waals surface area contributed by atoms with E-state index in [-0.39, 0.29) is 11.5 Å². The molecule has 1 N–H and O–H groups in total. The Labute approximate surface area is 93.5 Å². The molecule has 0 bridgehead atoms. The predicted molar refractivity (Wildman–Crippen MR) is 58.5 cm³/mol. The van der Waals surface area contributed by atoms with Crippen LogP contribution in [-0.2, 0) is 15.1 Å². The second kappa shape index (κ2) is 2.98. The summed E-state index contributed by atoms with van der Waals surface area (Å²) in [5.74, 6) is 0.617. The minimum atomic E-state index is -0.425. The van der Waals surface area contributed by atoms with Crippen LogP contribution >= 0.6 is 0 Å². The van der Waals surface area contributed by atoms with Gasteiger partial charge in [-0.3, -0.25) is 4.79 Å². The van der Waals surface area contributed by atoms with E-state index in [1.807, 2.05) is 25.1 Å². The topological polar surface area (TPSA) is 50.9 Å². The quantitative estimate of drug-likeness (QED) is 0.731. The van der Waals surface area contributed by atoms with E-state index in [4.69, 9.17) is 9.47 Å². The van der Waals surface area contributed by atoms with Gasteiger partial charge in [-0.2, -0.15) is 0 Å². The third kappa shape index (κ3) is 1.38. The Morgan fingerprint density at radius 3 is 2.94 bits per heavy atom. The van der Waals surface area contributed by atoms with Gasteiger partial charge in [0.25, 0.3) is 5.91 Å². The van der Waals surface area contributed by atoms with E-state index in [1.54, 1.807) is 6.92 Å². The maximum absolute atomic E-state index is 11.5. The van der Waals surface area contributed by atoms with E-state index in [0.29, 0.717) is 0 Å². The lowest BCUT2D eigenvalue weighted by Crippen LogP contribution is -2.34. The molecule has 1 amide bonds. The van der Waals surface area contributed by atoms with E-state index in [0.717, 1.165) is 23.6 Å². The lowest BCUT2D eigenvalue weighted by Gasteiger charge is -2.24. The monoisotopic (exact) mass is 219 g/mol. The van der Waals surface area contributed by atoms with Crippen LogP contribution in [0.2, 0.25) is 0 Å². The van der Waals surface area contributed by atoms with E-state index in [9.17, 15) is 4.79 Å². The fourth-order valence-corrected chi connectivity index (χ4v) is 1.81. The zero-order valence-electron chi connectivity index (χ0n) is 9.24. The second-order valence-electron chi connectivity index (χ2n) is 4.48. The number of carbonyl (C=O) groups excluding carboxylic acids is 1. The van der Waals surface area contributed by atoms with Gasteiger partial charge in [0.1, 0.15) is 11.4 Å². The summed E-state index contributed by atoms with van der Waals surface area (Å²) in [5.41, 5.74) is 1.63. The molecule has 3 rings (SSSR count). The maximum Gasteiger partial charge on any atom is 0.265 e. The summed E-state index contributed by atoms with van der Waals surface area (Å²) in [6, 6.07) is 5.79. The van der Waals surface area contributed by atoms with Crippen molar-refractivity contribution < 1.29 is 14.3 Å². The van der Waals surface area contributed by atoms with Crippen LogP contribution in [0.15, 0.2) is 18.2 Å². The molecule has 2 atom stereocenters. The summed E-state index contributed by atoms with van der Waals surface area (Å²) in [7, 11) is 0. The number of fused-ring (bicyclic) bond motifs is 1. The zero-order chi connectivity index (χ0) is 11.3. The minimum absolute atomic E-state index is 0.105. The molecule has 16 heavy (non-hydrogen) atoms. The fraction of sp³-hybridized carbons (Fsp3) is 0.417. The van der Waals surface area contributed by atoms with Gasteiger partial charge in [0, 0.05) is 0 Å². The Bertz CT molecular complexity index is 465. The molecule has 1 saturated heterocycles. The lowest BCUT2D eigenvalue weighted by atomic mass is 10.0. The number of rotatable bonds is 1. The molecule has 2 aliphatic heterocycles. The number of ether oxygens (including phenoxy) is 2. The van der Waals surface area contributed by atoms with Gasteiger partial charge in [0.05, 0.1) is 12.3 Å². The fourth-order valence-electron chi connectivity index (χ4n) is 1.81. The number of carbonyl (C=O) groups is 1. The normalized spacial score (nSPS) is 31.4. The second-order valence-corrected chi connectivity index (χ2v) is 4.48. The van der Waals surface area contributed by atoms with E-state index < -0.39 is 6.10 Å². The van der Waals surface area contributed by atoms with Crippen LogP contribution in [0.4, 0.5) is 5.69 Å². The molecule has 0 aliphatic carbocycles. The molecule has 1 aromatic rings. The van der Waals surface area contributed by atoms with Gasteiger partial charge < -0.3 is 14.8 Å². The largest absolute Gasteiger partial charge is 0.479 e. The molecule has 0 saturated carbocycles. The first-order valence-corrected chi connectivity index (χ1v) is 5.34. The van der Waals surface area contributed by atoms with Crippen molar-refractivity contribution in [2.24, 2.45) is 0 Å². The van der Waals surface area contributed by atoms with Crippen LogP contribution in [0.5, 0.6) is 5.75 Å². The highest BCUT2D eigenvalue weighted by atomic mass is 16.6. The van der Waals surface area contributed by atoms with E-state index in [2.05, 4.69) is 5.32 Å². The number of epoxide rings is 1. The minimum Gasteiger partial charge on any atom is -0.479 e. The maximum atomic E-state index is 11.5. The average Bonchev–Trinajstić information content (AvgIpc) is 2.99. The van der Waals surface area contributed by atoms with Crippen molar-refractivity contribution in [3.63, 3.8) is 0 Å². The standard InChI is InChI=1S/C12H13NO3/c1-7-11(14)13-9-5-8(12(2)6-15-12)3-4-10(9)16-7/h3-5,7H,6H2,1-2H3,(H,13,14). The van der Waals surface area contributed by atoms with Gasteiger partial charge in [0.15, 0.2) is 6.10 Å². The van der Waals surface area contributed by atoms with Crippen molar-refractivity contribution in [3.8, 4) is 5.75 Å². The molecule has 84 valence electrons. The summed E-state index contributed by atoms with van der Waals surface area (Å²) in [4.78, 5) is 11.5. The first-order chi connectivity index (χ1) is 7.58. The van der Waals surface area contributed by atoms with E-state index in [1.165, 1.54) is 0 Å². The Hall–Kier alpha value is -1.55. The highest BCUT2D eigenvalue weighted by Gasteiger charge is 2.41. The summed E-state index contributed by atoms with van der Waals surface area (Å²) < 4.78 is 10.8. The highest BCUT2D eigenvalue weighted by Crippen LogP contribution is 2.41. The van der Waals surface area contributed by atoms with E-state index >= 15 is 0 Å². The van der Waals surface area contributed by atoms with Crippen LogP contribution in [-0.4, -0.2) is 18.6 Å². The van der Waals surface area contributed by atoms with Crippen molar-refractivity contribution in [1.29, 1.82) is 0 Å². The third-order valence-electron chi connectivity index (χ3n) is 3.10. The van der Waals surface area contributed by atoms with Gasteiger partial charge >= 0.3 is 0 Å². The summed E-state index contributed by atoms with van der Waals surface area (Å²) in [5, 5.41) is 2.83. The average molecular weight is 219 g/mol. The van der Waals surface area contributed by atoms with Crippen LogP contribution in [0.25, 0.3) is 0 Å². The van der Waals surface area contributed by atoms with Crippen molar-refractivity contribution in [1.82, 2.24) is 0 Å². The molecule has 2 unspecified atom stereocenters. The number of hydrogen-bond acceptors (Lipinski definition) is 3. The van der Waals surface area contributed by atoms with Crippen LogP contribution in [0.3, 0.4) is 0 Å².